The minimum atomic E-state index is -0.302. The Labute approximate surface area is 97.4 Å². The fraction of sp³-hybridized carbons (Fsp3) is 0.909. The predicted molar refractivity (Wildman–Crippen MR) is 61.4 cm³/mol. The number of methoxy groups -OCH3 is 1. The van der Waals surface area contributed by atoms with Crippen LogP contribution in [0.5, 0.6) is 0 Å². The van der Waals surface area contributed by atoms with Gasteiger partial charge in [0.1, 0.15) is 6.04 Å². The van der Waals surface area contributed by atoms with Gasteiger partial charge in [0, 0.05) is 13.2 Å². The Morgan fingerprint density at radius 1 is 1.44 bits per heavy atom. The molecule has 16 heavy (non-hydrogen) atoms. The molecule has 0 aliphatic heterocycles. The molecule has 0 aromatic rings. The lowest BCUT2D eigenvalue weighted by atomic mass is 10.2. The van der Waals surface area contributed by atoms with E-state index in [1.165, 1.54) is 7.11 Å². The van der Waals surface area contributed by atoms with Crippen LogP contribution in [0.25, 0.3) is 0 Å². The van der Waals surface area contributed by atoms with Crippen LogP contribution in [-0.4, -0.2) is 52.1 Å². The molecule has 0 aromatic heterocycles. The van der Waals surface area contributed by atoms with Gasteiger partial charge >= 0.3 is 5.97 Å². The molecule has 2 atom stereocenters. The molecular weight excluding hydrogens is 210 g/mol. The van der Waals surface area contributed by atoms with Gasteiger partial charge in [0.05, 0.1) is 19.8 Å². The number of likely N-dealkylation sites (N-methyl/N-ethyl adjacent to an activating group) is 1. The minimum Gasteiger partial charge on any atom is -0.468 e. The summed E-state index contributed by atoms with van der Waals surface area (Å²) in [4.78, 5) is 11.2. The highest BCUT2D eigenvalue weighted by Gasteiger charge is 2.16. The zero-order valence-corrected chi connectivity index (χ0v) is 10.6. The quantitative estimate of drug-likeness (QED) is 0.590. The number of hydrogen-bond acceptors (Lipinski definition) is 5. The standard InChI is InChI=1S/C11H23NO4/c1-5-15-8-9(2)16-7-6-10(12-3)11(13)14-4/h9-10,12H,5-8H2,1-4H3. The Hall–Kier alpha value is -0.650. The lowest BCUT2D eigenvalue weighted by Gasteiger charge is -2.16. The molecule has 0 heterocycles. The molecule has 0 aliphatic carbocycles. The third kappa shape index (κ3) is 6.76. The Morgan fingerprint density at radius 2 is 2.12 bits per heavy atom. The van der Waals surface area contributed by atoms with Gasteiger partial charge in [0.2, 0.25) is 0 Å². The Morgan fingerprint density at radius 3 is 2.62 bits per heavy atom. The molecule has 2 unspecified atom stereocenters. The number of carbonyl (C=O) groups excluding carboxylic acids is 1. The largest absolute Gasteiger partial charge is 0.468 e. The molecule has 0 spiro atoms. The average Bonchev–Trinajstić information content (AvgIpc) is 2.31. The predicted octanol–water partition coefficient (Wildman–Crippen LogP) is 0.579. The second-order valence-electron chi connectivity index (χ2n) is 3.49. The van der Waals surface area contributed by atoms with E-state index in [1.807, 2.05) is 13.8 Å². The first kappa shape index (κ1) is 15.3. The third-order valence-electron chi connectivity index (χ3n) is 2.20. The van der Waals surface area contributed by atoms with Crippen molar-refractivity contribution < 1.29 is 19.0 Å². The molecule has 5 heteroatoms. The number of esters is 1. The fourth-order valence-corrected chi connectivity index (χ4v) is 1.24. The van der Waals surface area contributed by atoms with Crippen LogP contribution in [0.4, 0.5) is 0 Å². The summed E-state index contributed by atoms with van der Waals surface area (Å²) in [6.07, 6.45) is 0.648. The van der Waals surface area contributed by atoms with Gasteiger partial charge in [-0.15, -0.1) is 0 Å². The zero-order valence-electron chi connectivity index (χ0n) is 10.6. The van der Waals surface area contributed by atoms with E-state index in [4.69, 9.17) is 9.47 Å². The lowest BCUT2D eigenvalue weighted by molar-refractivity contribution is -0.143. The summed E-state index contributed by atoms with van der Waals surface area (Å²) in [5, 5.41) is 2.88. The zero-order chi connectivity index (χ0) is 12.4. The summed E-state index contributed by atoms with van der Waals surface area (Å²) in [6.45, 7) is 5.67. The maximum Gasteiger partial charge on any atom is 0.322 e. The lowest BCUT2D eigenvalue weighted by Crippen LogP contribution is -2.36. The van der Waals surface area contributed by atoms with Crippen molar-refractivity contribution >= 4 is 5.97 Å². The Bertz CT molecular complexity index is 187. The van der Waals surface area contributed by atoms with Crippen molar-refractivity contribution in [2.75, 3.05) is 34.0 Å². The normalized spacial score (nSPS) is 14.5. The van der Waals surface area contributed by atoms with E-state index < -0.39 is 0 Å². The van der Waals surface area contributed by atoms with Crippen molar-refractivity contribution in [1.82, 2.24) is 5.32 Å². The molecule has 0 bridgehead atoms. The van der Waals surface area contributed by atoms with E-state index in [2.05, 4.69) is 10.1 Å². The highest BCUT2D eigenvalue weighted by atomic mass is 16.5. The molecule has 0 aromatic carbocycles. The highest BCUT2D eigenvalue weighted by Crippen LogP contribution is 1.99. The van der Waals surface area contributed by atoms with Crippen LogP contribution in [0.2, 0.25) is 0 Å². The SMILES string of the molecule is CCOCC(C)OCCC(NC)C(=O)OC. The van der Waals surface area contributed by atoms with Crippen LogP contribution in [0.15, 0.2) is 0 Å². The maximum absolute atomic E-state index is 11.2. The second-order valence-corrected chi connectivity index (χ2v) is 3.49. The van der Waals surface area contributed by atoms with Crippen LogP contribution < -0.4 is 5.32 Å². The summed E-state index contributed by atoms with van der Waals surface area (Å²) in [5.74, 6) is -0.261. The minimum absolute atomic E-state index is 0.0510. The number of carbonyl (C=O) groups is 1. The Kier molecular flexibility index (Phi) is 9.18. The van der Waals surface area contributed by atoms with E-state index in [1.54, 1.807) is 7.05 Å². The average molecular weight is 233 g/mol. The van der Waals surface area contributed by atoms with E-state index in [9.17, 15) is 4.79 Å². The number of nitrogens with one attached hydrogen (secondary N) is 1. The molecule has 5 nitrogen and oxygen atoms in total. The second kappa shape index (κ2) is 9.57. The number of hydrogen-bond donors (Lipinski definition) is 1. The van der Waals surface area contributed by atoms with Gasteiger partial charge in [-0.05, 0) is 27.3 Å². The number of rotatable bonds is 9. The summed E-state index contributed by atoms with van der Waals surface area (Å²) in [5.41, 5.74) is 0. The first-order valence-electron chi connectivity index (χ1n) is 5.60. The third-order valence-corrected chi connectivity index (χ3v) is 2.20. The maximum atomic E-state index is 11.2. The molecule has 1 N–H and O–H groups in total. The van der Waals surface area contributed by atoms with Crippen molar-refractivity contribution in [3.05, 3.63) is 0 Å². The molecule has 0 saturated heterocycles. The van der Waals surface area contributed by atoms with Gasteiger partial charge in [0.15, 0.2) is 0 Å². The van der Waals surface area contributed by atoms with Crippen molar-refractivity contribution in [2.45, 2.75) is 32.4 Å². The summed E-state index contributed by atoms with van der Waals surface area (Å²) in [6, 6.07) is -0.302. The van der Waals surface area contributed by atoms with Crippen LogP contribution in [-0.2, 0) is 19.0 Å². The first-order valence-corrected chi connectivity index (χ1v) is 5.60. The topological polar surface area (TPSA) is 56.8 Å². The number of ether oxygens (including phenoxy) is 3. The van der Waals surface area contributed by atoms with Crippen LogP contribution in [0.3, 0.4) is 0 Å². The van der Waals surface area contributed by atoms with Gasteiger partial charge in [-0.3, -0.25) is 4.79 Å². The van der Waals surface area contributed by atoms with Crippen molar-refractivity contribution in [1.29, 1.82) is 0 Å². The molecule has 96 valence electrons. The van der Waals surface area contributed by atoms with Gasteiger partial charge in [-0.2, -0.15) is 0 Å². The summed E-state index contributed by atoms with van der Waals surface area (Å²) >= 11 is 0. The van der Waals surface area contributed by atoms with Crippen LogP contribution in [0.1, 0.15) is 20.3 Å². The Balaban J connectivity index is 3.65. The van der Waals surface area contributed by atoms with Crippen LogP contribution in [0, 0.1) is 0 Å². The van der Waals surface area contributed by atoms with Gasteiger partial charge in [0.25, 0.3) is 0 Å². The molecule has 0 radical (unpaired) electrons. The molecular formula is C11H23NO4. The summed E-state index contributed by atoms with van der Waals surface area (Å²) < 4.78 is 15.4. The van der Waals surface area contributed by atoms with E-state index in [-0.39, 0.29) is 18.1 Å². The monoisotopic (exact) mass is 233 g/mol. The molecule has 0 saturated carbocycles. The van der Waals surface area contributed by atoms with Crippen LogP contribution >= 0.6 is 0 Å². The summed E-state index contributed by atoms with van der Waals surface area (Å²) in [7, 11) is 3.11. The first-order chi connectivity index (χ1) is 7.65. The molecule has 0 aliphatic rings. The molecule has 0 rings (SSSR count). The van der Waals surface area contributed by atoms with Gasteiger partial charge in [-0.1, -0.05) is 0 Å². The van der Waals surface area contributed by atoms with Gasteiger partial charge < -0.3 is 19.5 Å². The smallest absolute Gasteiger partial charge is 0.322 e. The van der Waals surface area contributed by atoms with Crippen molar-refractivity contribution in [3.8, 4) is 0 Å². The van der Waals surface area contributed by atoms with Gasteiger partial charge in [-0.25, -0.2) is 0 Å². The highest BCUT2D eigenvalue weighted by molar-refractivity contribution is 5.75. The van der Waals surface area contributed by atoms with Crippen molar-refractivity contribution in [3.63, 3.8) is 0 Å². The van der Waals surface area contributed by atoms with E-state index in [0.717, 1.165) is 0 Å². The van der Waals surface area contributed by atoms with Crippen molar-refractivity contribution in [2.24, 2.45) is 0 Å². The molecule has 0 amide bonds. The van der Waals surface area contributed by atoms with E-state index >= 15 is 0 Å². The fourth-order valence-electron chi connectivity index (χ4n) is 1.24. The van der Waals surface area contributed by atoms with E-state index in [0.29, 0.717) is 26.2 Å². The molecule has 0 fully saturated rings.